The Hall–Kier alpha value is -1.32. The van der Waals surface area contributed by atoms with Gasteiger partial charge in [-0.3, -0.25) is 0 Å². The van der Waals surface area contributed by atoms with E-state index in [1.165, 1.54) is 16.5 Å². The summed E-state index contributed by atoms with van der Waals surface area (Å²) >= 11 is 1.74. The molecule has 2 aromatic carbocycles. The topological polar surface area (TPSA) is 12.0 Å². The standard InChI is InChI=1S/C16H18FNS/c1-12-6-7-15(17)9-14(12)11-19-16-5-3-4-13(8-16)10-18-2/h3-9,18H,10-11H2,1-2H3. The van der Waals surface area contributed by atoms with Gasteiger partial charge in [-0.25, -0.2) is 4.39 Å². The number of hydrogen-bond donors (Lipinski definition) is 1. The van der Waals surface area contributed by atoms with Crippen molar-refractivity contribution in [3.63, 3.8) is 0 Å². The minimum atomic E-state index is -0.162. The maximum Gasteiger partial charge on any atom is 0.123 e. The van der Waals surface area contributed by atoms with Crippen molar-refractivity contribution in [3.05, 3.63) is 65.0 Å². The Labute approximate surface area is 118 Å². The molecule has 0 radical (unpaired) electrons. The molecule has 3 heteroatoms. The number of halogens is 1. The van der Waals surface area contributed by atoms with E-state index < -0.39 is 0 Å². The smallest absolute Gasteiger partial charge is 0.123 e. The lowest BCUT2D eigenvalue weighted by Crippen LogP contribution is -2.04. The molecule has 2 aromatic rings. The van der Waals surface area contributed by atoms with E-state index in [2.05, 4.69) is 29.6 Å². The highest BCUT2D eigenvalue weighted by molar-refractivity contribution is 7.98. The van der Waals surface area contributed by atoms with E-state index >= 15 is 0 Å². The molecule has 0 saturated carbocycles. The second kappa shape index (κ2) is 6.73. The summed E-state index contributed by atoms with van der Waals surface area (Å²) < 4.78 is 13.2. The Balaban J connectivity index is 2.05. The summed E-state index contributed by atoms with van der Waals surface area (Å²) in [6.07, 6.45) is 0. The van der Waals surface area contributed by atoms with Crippen LogP contribution >= 0.6 is 11.8 Å². The zero-order chi connectivity index (χ0) is 13.7. The highest BCUT2D eigenvalue weighted by Crippen LogP contribution is 2.25. The van der Waals surface area contributed by atoms with Crippen molar-refractivity contribution in [1.82, 2.24) is 5.32 Å². The summed E-state index contributed by atoms with van der Waals surface area (Å²) in [5.41, 5.74) is 3.47. The van der Waals surface area contributed by atoms with Crippen LogP contribution in [0.4, 0.5) is 4.39 Å². The molecule has 0 aliphatic carbocycles. The number of benzene rings is 2. The lowest BCUT2D eigenvalue weighted by Gasteiger charge is -2.07. The summed E-state index contributed by atoms with van der Waals surface area (Å²) in [5, 5.41) is 3.14. The normalized spacial score (nSPS) is 10.7. The predicted molar refractivity (Wildman–Crippen MR) is 79.9 cm³/mol. The van der Waals surface area contributed by atoms with Crippen molar-refractivity contribution >= 4 is 11.8 Å². The summed E-state index contributed by atoms with van der Waals surface area (Å²) in [6.45, 7) is 2.89. The Bertz CT molecular complexity index is 554. The van der Waals surface area contributed by atoms with Crippen LogP contribution in [0.15, 0.2) is 47.4 Å². The average Bonchev–Trinajstić information content (AvgIpc) is 2.41. The number of thioether (sulfide) groups is 1. The molecule has 0 amide bonds. The molecule has 1 N–H and O–H groups in total. The van der Waals surface area contributed by atoms with E-state index in [4.69, 9.17) is 0 Å². The van der Waals surface area contributed by atoms with E-state index in [9.17, 15) is 4.39 Å². The fourth-order valence-electron chi connectivity index (χ4n) is 1.91. The van der Waals surface area contributed by atoms with Crippen LogP contribution in [0.1, 0.15) is 16.7 Å². The SMILES string of the molecule is CNCc1cccc(SCc2cc(F)ccc2C)c1. The van der Waals surface area contributed by atoms with Crippen molar-refractivity contribution in [3.8, 4) is 0 Å². The molecule has 19 heavy (non-hydrogen) atoms. The van der Waals surface area contributed by atoms with Gasteiger partial charge in [0.2, 0.25) is 0 Å². The van der Waals surface area contributed by atoms with Crippen LogP contribution in [0.2, 0.25) is 0 Å². The molecule has 0 aromatic heterocycles. The van der Waals surface area contributed by atoms with Gasteiger partial charge >= 0.3 is 0 Å². The van der Waals surface area contributed by atoms with Gasteiger partial charge in [-0.15, -0.1) is 11.8 Å². The molecule has 0 heterocycles. The van der Waals surface area contributed by atoms with E-state index in [-0.39, 0.29) is 5.82 Å². The molecule has 0 spiro atoms. The van der Waals surface area contributed by atoms with Crippen molar-refractivity contribution in [2.45, 2.75) is 24.1 Å². The number of nitrogens with one attached hydrogen (secondary N) is 1. The molecule has 0 bridgehead atoms. The lowest BCUT2D eigenvalue weighted by molar-refractivity contribution is 0.626. The Kier molecular flexibility index (Phi) is 5.00. The number of rotatable bonds is 5. The van der Waals surface area contributed by atoms with Crippen LogP contribution < -0.4 is 5.32 Å². The maximum atomic E-state index is 13.2. The van der Waals surface area contributed by atoms with Crippen LogP contribution in [-0.2, 0) is 12.3 Å². The van der Waals surface area contributed by atoms with Crippen LogP contribution in [0, 0.1) is 12.7 Å². The molecule has 0 unspecified atom stereocenters. The first-order valence-electron chi connectivity index (χ1n) is 6.30. The molecule has 2 rings (SSSR count). The first-order chi connectivity index (χ1) is 9.19. The highest BCUT2D eigenvalue weighted by Gasteiger charge is 2.02. The molecule has 1 nitrogen and oxygen atoms in total. The number of hydrogen-bond acceptors (Lipinski definition) is 2. The van der Waals surface area contributed by atoms with Gasteiger partial charge in [-0.05, 0) is 54.9 Å². The van der Waals surface area contributed by atoms with Crippen molar-refractivity contribution in [1.29, 1.82) is 0 Å². The third-order valence-corrected chi connectivity index (χ3v) is 4.03. The average molecular weight is 275 g/mol. The molecule has 0 saturated heterocycles. The summed E-state index contributed by atoms with van der Waals surface area (Å²) in [4.78, 5) is 1.22. The second-order valence-corrected chi connectivity index (χ2v) is 5.59. The maximum absolute atomic E-state index is 13.2. The third kappa shape index (κ3) is 4.08. The van der Waals surface area contributed by atoms with Crippen LogP contribution in [-0.4, -0.2) is 7.05 Å². The minimum Gasteiger partial charge on any atom is -0.316 e. The van der Waals surface area contributed by atoms with Crippen LogP contribution in [0.5, 0.6) is 0 Å². The highest BCUT2D eigenvalue weighted by atomic mass is 32.2. The molecular weight excluding hydrogens is 257 g/mol. The fraction of sp³-hybridized carbons (Fsp3) is 0.250. The van der Waals surface area contributed by atoms with Gasteiger partial charge in [0.1, 0.15) is 5.82 Å². The zero-order valence-corrected chi connectivity index (χ0v) is 12.1. The first-order valence-corrected chi connectivity index (χ1v) is 7.29. The first kappa shape index (κ1) is 14.1. The van der Waals surface area contributed by atoms with Gasteiger partial charge in [0, 0.05) is 17.2 Å². The Morgan fingerprint density at radius 3 is 2.79 bits per heavy atom. The van der Waals surface area contributed by atoms with E-state index in [1.807, 2.05) is 20.0 Å². The van der Waals surface area contributed by atoms with Crippen molar-refractivity contribution < 1.29 is 4.39 Å². The van der Waals surface area contributed by atoms with E-state index in [0.717, 1.165) is 23.4 Å². The molecular formula is C16H18FNS. The largest absolute Gasteiger partial charge is 0.316 e. The van der Waals surface area contributed by atoms with Gasteiger partial charge in [0.05, 0.1) is 0 Å². The van der Waals surface area contributed by atoms with Crippen LogP contribution in [0.25, 0.3) is 0 Å². The second-order valence-electron chi connectivity index (χ2n) is 4.54. The lowest BCUT2D eigenvalue weighted by atomic mass is 10.1. The predicted octanol–water partition coefficient (Wildman–Crippen LogP) is 4.15. The summed E-state index contributed by atoms with van der Waals surface area (Å²) in [5.74, 6) is 0.636. The molecule has 0 aliphatic heterocycles. The van der Waals surface area contributed by atoms with Gasteiger partial charge in [-0.1, -0.05) is 18.2 Å². The van der Waals surface area contributed by atoms with E-state index in [1.54, 1.807) is 17.8 Å². The molecule has 0 fully saturated rings. The Morgan fingerprint density at radius 1 is 1.16 bits per heavy atom. The Morgan fingerprint density at radius 2 is 2.00 bits per heavy atom. The third-order valence-electron chi connectivity index (χ3n) is 2.98. The quantitative estimate of drug-likeness (QED) is 0.823. The molecule has 0 aliphatic rings. The van der Waals surface area contributed by atoms with Gasteiger partial charge < -0.3 is 5.32 Å². The van der Waals surface area contributed by atoms with Crippen molar-refractivity contribution in [2.75, 3.05) is 7.05 Å². The van der Waals surface area contributed by atoms with Gasteiger partial charge in [-0.2, -0.15) is 0 Å². The molecule has 0 atom stereocenters. The summed E-state index contributed by atoms with van der Waals surface area (Å²) in [6, 6.07) is 13.4. The minimum absolute atomic E-state index is 0.162. The molecule has 100 valence electrons. The fourth-order valence-corrected chi connectivity index (χ4v) is 2.95. The monoisotopic (exact) mass is 275 g/mol. The van der Waals surface area contributed by atoms with Gasteiger partial charge in [0.25, 0.3) is 0 Å². The summed E-state index contributed by atoms with van der Waals surface area (Å²) in [7, 11) is 1.94. The van der Waals surface area contributed by atoms with Crippen LogP contribution in [0.3, 0.4) is 0 Å². The number of aryl methyl sites for hydroxylation is 1. The van der Waals surface area contributed by atoms with Gasteiger partial charge in [0.15, 0.2) is 0 Å². The van der Waals surface area contributed by atoms with E-state index in [0.29, 0.717) is 0 Å². The zero-order valence-electron chi connectivity index (χ0n) is 11.2. The van der Waals surface area contributed by atoms with Crippen molar-refractivity contribution in [2.24, 2.45) is 0 Å².